The minimum absolute atomic E-state index is 0.257. The molecule has 6 rings (SSSR count). The van der Waals surface area contributed by atoms with Gasteiger partial charge in [-0.1, -0.05) is 54.6 Å². The zero-order valence-corrected chi connectivity index (χ0v) is 24.2. The number of likely N-dealkylation sites (tertiary alicyclic amines) is 1. The normalized spacial score (nSPS) is 16.9. The zero-order chi connectivity index (χ0) is 29.6. The Kier molecular flexibility index (Phi) is 7.01. The van der Waals surface area contributed by atoms with Crippen LogP contribution in [-0.2, 0) is 22.4 Å². The van der Waals surface area contributed by atoms with E-state index in [9.17, 15) is 19.5 Å². The quantitative estimate of drug-likeness (QED) is 0.261. The Labute approximate surface area is 245 Å². The van der Waals surface area contributed by atoms with Crippen molar-refractivity contribution in [3.8, 4) is 11.3 Å². The van der Waals surface area contributed by atoms with Crippen molar-refractivity contribution in [2.24, 2.45) is 0 Å². The van der Waals surface area contributed by atoms with Crippen molar-refractivity contribution in [1.29, 1.82) is 0 Å². The van der Waals surface area contributed by atoms with Crippen molar-refractivity contribution in [3.63, 3.8) is 0 Å². The van der Waals surface area contributed by atoms with E-state index >= 15 is 0 Å². The molecule has 1 saturated heterocycles. The molecule has 0 unspecified atom stereocenters. The van der Waals surface area contributed by atoms with Gasteiger partial charge in [0, 0.05) is 39.9 Å². The van der Waals surface area contributed by atoms with Crippen LogP contribution >= 0.6 is 0 Å². The molecule has 1 fully saturated rings. The highest BCUT2D eigenvalue weighted by Crippen LogP contribution is 2.39. The highest BCUT2D eigenvalue weighted by molar-refractivity contribution is 5.99. The Hall–Kier alpha value is -4.59. The molecule has 1 aliphatic heterocycles. The lowest BCUT2D eigenvalue weighted by atomic mass is 9.88. The van der Waals surface area contributed by atoms with Gasteiger partial charge in [-0.15, -0.1) is 0 Å². The fourth-order valence-electron chi connectivity index (χ4n) is 6.58. The monoisotopic (exact) mass is 564 g/mol. The van der Waals surface area contributed by atoms with Crippen LogP contribution < -0.4 is 5.32 Å². The molecule has 3 amide bonds. The maximum absolute atomic E-state index is 14.1. The third-order valence-electron chi connectivity index (χ3n) is 8.47. The molecule has 3 aromatic carbocycles. The van der Waals surface area contributed by atoms with Gasteiger partial charge in [-0.2, -0.15) is 0 Å². The van der Waals surface area contributed by atoms with E-state index in [0.717, 1.165) is 35.2 Å². The number of benzene rings is 3. The van der Waals surface area contributed by atoms with Crippen LogP contribution in [0.25, 0.3) is 22.2 Å². The van der Waals surface area contributed by atoms with Crippen LogP contribution in [0.5, 0.6) is 0 Å². The molecule has 8 heteroatoms. The SMILES string of the molecule is CC(C)(C)N(C(=O)O)[C@@H](C(=O)N1CCC[C@H]1C(=O)Nc1ccc2c(c1)CCc1c-2[nH]c2ccccc12)c1ccccc1. The summed E-state index contributed by atoms with van der Waals surface area (Å²) in [6.07, 6.45) is 1.80. The maximum atomic E-state index is 14.1. The van der Waals surface area contributed by atoms with E-state index in [0.29, 0.717) is 30.6 Å². The minimum atomic E-state index is -1.18. The molecular formula is C34H36N4O4. The summed E-state index contributed by atoms with van der Waals surface area (Å²) < 4.78 is 0. The molecular weight excluding hydrogens is 528 g/mol. The number of fused-ring (bicyclic) bond motifs is 5. The topological polar surface area (TPSA) is 106 Å². The maximum Gasteiger partial charge on any atom is 0.408 e. The number of aromatic nitrogens is 1. The summed E-state index contributed by atoms with van der Waals surface area (Å²) in [4.78, 5) is 46.5. The fraction of sp³-hybridized carbons (Fsp3) is 0.324. The number of nitrogens with one attached hydrogen (secondary N) is 2. The summed E-state index contributed by atoms with van der Waals surface area (Å²) in [5.41, 5.74) is 6.33. The fourth-order valence-corrected chi connectivity index (χ4v) is 6.58. The van der Waals surface area contributed by atoms with E-state index in [2.05, 4.69) is 34.6 Å². The second-order valence-electron chi connectivity index (χ2n) is 12.2. The highest BCUT2D eigenvalue weighted by Gasteiger charge is 2.44. The van der Waals surface area contributed by atoms with Gasteiger partial charge in [0.2, 0.25) is 5.91 Å². The number of carbonyl (C=O) groups is 3. The third-order valence-corrected chi connectivity index (χ3v) is 8.47. The number of nitrogens with zero attached hydrogens (tertiary/aromatic N) is 2. The van der Waals surface area contributed by atoms with Crippen LogP contribution in [0, 0.1) is 0 Å². The minimum Gasteiger partial charge on any atom is -0.465 e. The van der Waals surface area contributed by atoms with E-state index in [1.807, 2.05) is 24.3 Å². The number of aromatic amines is 1. The first-order valence-electron chi connectivity index (χ1n) is 14.5. The summed E-state index contributed by atoms with van der Waals surface area (Å²) >= 11 is 0. The molecule has 216 valence electrons. The van der Waals surface area contributed by atoms with Gasteiger partial charge >= 0.3 is 6.09 Å². The largest absolute Gasteiger partial charge is 0.465 e. The first-order valence-corrected chi connectivity index (χ1v) is 14.5. The van der Waals surface area contributed by atoms with Crippen LogP contribution in [0.1, 0.15) is 56.3 Å². The van der Waals surface area contributed by atoms with Crippen molar-refractivity contribution in [1.82, 2.24) is 14.8 Å². The van der Waals surface area contributed by atoms with E-state index in [4.69, 9.17) is 0 Å². The molecule has 2 heterocycles. The number of carboxylic acid groups (broad SMARTS) is 1. The predicted octanol–water partition coefficient (Wildman–Crippen LogP) is 6.38. The van der Waals surface area contributed by atoms with Gasteiger partial charge in [-0.05, 0) is 81.3 Å². The molecule has 0 bridgehead atoms. The van der Waals surface area contributed by atoms with Crippen LogP contribution in [0.15, 0.2) is 72.8 Å². The van der Waals surface area contributed by atoms with Gasteiger partial charge in [0.25, 0.3) is 5.91 Å². The third kappa shape index (κ3) is 4.91. The number of amides is 3. The Morgan fingerprint density at radius 3 is 2.48 bits per heavy atom. The molecule has 3 N–H and O–H groups in total. The molecule has 2 aliphatic rings. The molecule has 4 aromatic rings. The van der Waals surface area contributed by atoms with Crippen molar-refractivity contribution < 1.29 is 19.5 Å². The van der Waals surface area contributed by atoms with Crippen LogP contribution in [0.3, 0.4) is 0 Å². The Bertz CT molecular complexity index is 1670. The lowest BCUT2D eigenvalue weighted by Gasteiger charge is -2.41. The lowest BCUT2D eigenvalue weighted by Crippen LogP contribution is -2.54. The molecule has 1 aromatic heterocycles. The number of hydrogen-bond acceptors (Lipinski definition) is 3. The predicted molar refractivity (Wildman–Crippen MR) is 163 cm³/mol. The van der Waals surface area contributed by atoms with Crippen molar-refractivity contribution >= 4 is 34.5 Å². The highest BCUT2D eigenvalue weighted by atomic mass is 16.4. The van der Waals surface area contributed by atoms with Crippen molar-refractivity contribution in [2.75, 3.05) is 11.9 Å². The first kappa shape index (κ1) is 27.6. The van der Waals surface area contributed by atoms with E-state index in [-0.39, 0.29) is 11.8 Å². The number of anilines is 1. The van der Waals surface area contributed by atoms with Crippen LogP contribution in [0.4, 0.5) is 10.5 Å². The average Bonchev–Trinajstić information content (AvgIpc) is 3.60. The molecule has 0 radical (unpaired) electrons. The first-order chi connectivity index (χ1) is 20.1. The summed E-state index contributed by atoms with van der Waals surface area (Å²) in [5.74, 6) is -0.639. The standard InChI is InChI=1S/C34H36N4O4/c1-34(2,3)38(33(41)42)30(21-10-5-4-6-11-21)32(40)37-19-9-14-28(37)31(39)35-23-16-18-24-22(20-23)15-17-26-25-12-7-8-13-27(25)36-29(24)26/h4-8,10-13,16,18,20,28,30,36H,9,14-15,17,19H2,1-3H3,(H,35,39)(H,41,42)/t28-,30+/m0/s1. The molecule has 0 spiro atoms. The van der Waals surface area contributed by atoms with Crippen molar-refractivity contribution in [3.05, 3.63) is 89.5 Å². The Balaban J connectivity index is 1.25. The Morgan fingerprint density at radius 2 is 1.74 bits per heavy atom. The van der Waals surface area contributed by atoms with Gasteiger partial charge in [0.05, 0.1) is 0 Å². The smallest absolute Gasteiger partial charge is 0.408 e. The summed E-state index contributed by atoms with van der Waals surface area (Å²) in [6.45, 7) is 5.71. The van der Waals surface area contributed by atoms with E-state index in [1.54, 1.807) is 49.9 Å². The number of para-hydroxylation sites is 1. The van der Waals surface area contributed by atoms with E-state index < -0.39 is 23.7 Å². The van der Waals surface area contributed by atoms with Gasteiger partial charge in [0.15, 0.2) is 0 Å². The zero-order valence-electron chi connectivity index (χ0n) is 24.2. The second-order valence-corrected chi connectivity index (χ2v) is 12.2. The second kappa shape index (κ2) is 10.7. The molecule has 2 atom stereocenters. The summed E-state index contributed by atoms with van der Waals surface area (Å²) in [5, 5.41) is 14.5. The average molecular weight is 565 g/mol. The number of rotatable bonds is 5. The molecule has 1 aliphatic carbocycles. The number of carbonyl (C=O) groups excluding carboxylic acids is 2. The van der Waals surface area contributed by atoms with Gasteiger partial charge < -0.3 is 20.3 Å². The van der Waals surface area contributed by atoms with Gasteiger partial charge in [0.1, 0.15) is 12.1 Å². The Morgan fingerprint density at radius 1 is 1.00 bits per heavy atom. The molecule has 0 saturated carbocycles. The van der Waals surface area contributed by atoms with Gasteiger partial charge in [-0.3, -0.25) is 14.5 Å². The van der Waals surface area contributed by atoms with Gasteiger partial charge in [-0.25, -0.2) is 4.79 Å². The molecule has 8 nitrogen and oxygen atoms in total. The van der Waals surface area contributed by atoms with Crippen LogP contribution in [-0.4, -0.2) is 55.9 Å². The van der Waals surface area contributed by atoms with Crippen molar-refractivity contribution in [2.45, 2.75) is 64.1 Å². The summed E-state index contributed by atoms with van der Waals surface area (Å²) in [6, 6.07) is 21.5. The number of H-pyrrole nitrogens is 1. The summed E-state index contributed by atoms with van der Waals surface area (Å²) in [7, 11) is 0. The lowest BCUT2D eigenvalue weighted by molar-refractivity contribution is -0.142. The van der Waals surface area contributed by atoms with Crippen LogP contribution in [0.2, 0.25) is 0 Å². The van der Waals surface area contributed by atoms with E-state index in [1.165, 1.54) is 15.8 Å². The number of aryl methyl sites for hydroxylation is 2. The number of hydrogen-bond donors (Lipinski definition) is 3. The molecule has 42 heavy (non-hydrogen) atoms.